The Labute approximate surface area is 242 Å². The Hall–Kier alpha value is -5.60. The van der Waals surface area contributed by atoms with Gasteiger partial charge in [0.2, 0.25) is 0 Å². The van der Waals surface area contributed by atoms with E-state index in [0.29, 0.717) is 0 Å². The van der Waals surface area contributed by atoms with Gasteiger partial charge in [0.1, 0.15) is 11.2 Å². The minimum Gasteiger partial charge on any atom is -0.455 e. The summed E-state index contributed by atoms with van der Waals surface area (Å²) in [6.07, 6.45) is 0. The highest BCUT2D eigenvalue weighted by Crippen LogP contribution is 2.46. The molecule has 2 nitrogen and oxygen atoms in total. The van der Waals surface area contributed by atoms with Gasteiger partial charge in [0, 0.05) is 27.2 Å². The van der Waals surface area contributed by atoms with Crippen LogP contribution in [-0.2, 0) is 0 Å². The van der Waals surface area contributed by atoms with Crippen LogP contribution >= 0.6 is 0 Å². The number of para-hydroxylation sites is 2. The van der Waals surface area contributed by atoms with E-state index in [1.165, 1.54) is 49.3 Å². The average Bonchev–Trinajstić information content (AvgIpc) is 3.62. The molecule has 0 radical (unpaired) electrons. The van der Waals surface area contributed by atoms with E-state index in [9.17, 15) is 0 Å². The molecule has 0 aliphatic rings. The molecule has 0 atom stereocenters. The van der Waals surface area contributed by atoms with Crippen molar-refractivity contribution >= 4 is 54.5 Å². The smallest absolute Gasteiger partial charge is 0.146 e. The van der Waals surface area contributed by atoms with Crippen LogP contribution in [0.25, 0.3) is 82.5 Å². The fourth-order valence-electron chi connectivity index (χ4n) is 6.72. The predicted molar refractivity (Wildman–Crippen MR) is 176 cm³/mol. The summed E-state index contributed by atoms with van der Waals surface area (Å²) >= 11 is 0. The Bertz CT molecular complexity index is 2390. The maximum absolute atomic E-state index is 6.70. The van der Waals surface area contributed by atoms with Crippen molar-refractivity contribution in [3.05, 3.63) is 152 Å². The Morgan fingerprint density at radius 2 is 0.952 bits per heavy atom. The van der Waals surface area contributed by atoms with Crippen molar-refractivity contribution in [2.75, 3.05) is 0 Å². The molecule has 0 fully saturated rings. The SMILES string of the molecule is c1ccc(-c2cc(-c3ccccc3)cc(-n3c4ccccc4c4c5oc6ccccc6c5c5ccccc5c43)c2)cc1. The second-order valence-corrected chi connectivity index (χ2v) is 10.9. The first-order chi connectivity index (χ1) is 20.8. The van der Waals surface area contributed by atoms with E-state index in [-0.39, 0.29) is 0 Å². The largest absolute Gasteiger partial charge is 0.455 e. The molecule has 0 unspecified atom stereocenters. The van der Waals surface area contributed by atoms with Gasteiger partial charge in [0.05, 0.1) is 16.4 Å². The van der Waals surface area contributed by atoms with Gasteiger partial charge in [0.25, 0.3) is 0 Å². The van der Waals surface area contributed by atoms with Gasteiger partial charge >= 0.3 is 0 Å². The van der Waals surface area contributed by atoms with Gasteiger partial charge in [-0.1, -0.05) is 121 Å². The van der Waals surface area contributed by atoms with Crippen LogP contribution in [0.15, 0.2) is 156 Å². The van der Waals surface area contributed by atoms with Crippen LogP contribution in [0.2, 0.25) is 0 Å². The van der Waals surface area contributed by atoms with E-state index in [2.05, 4.69) is 150 Å². The van der Waals surface area contributed by atoms with Crippen molar-refractivity contribution < 1.29 is 4.42 Å². The second kappa shape index (κ2) is 8.95. The molecule has 0 N–H and O–H groups in total. The molecule has 9 aromatic rings. The zero-order chi connectivity index (χ0) is 27.6. The molecule has 0 saturated heterocycles. The van der Waals surface area contributed by atoms with E-state index < -0.39 is 0 Å². The lowest BCUT2D eigenvalue weighted by atomic mass is 9.97. The molecule has 2 heteroatoms. The van der Waals surface area contributed by atoms with Crippen LogP contribution in [0, 0.1) is 0 Å². The number of hydrogen-bond donors (Lipinski definition) is 0. The maximum atomic E-state index is 6.70. The number of hydrogen-bond acceptors (Lipinski definition) is 1. The molecule has 2 heterocycles. The molecule has 0 amide bonds. The van der Waals surface area contributed by atoms with Crippen LogP contribution in [0.4, 0.5) is 0 Å². The second-order valence-electron chi connectivity index (χ2n) is 10.9. The summed E-state index contributed by atoms with van der Waals surface area (Å²) in [5, 5.41) is 7.10. The first-order valence-corrected chi connectivity index (χ1v) is 14.4. The third-order valence-corrected chi connectivity index (χ3v) is 8.54. The fourth-order valence-corrected chi connectivity index (χ4v) is 6.72. The lowest BCUT2D eigenvalue weighted by Crippen LogP contribution is -1.96. The lowest BCUT2D eigenvalue weighted by Gasteiger charge is -2.15. The van der Waals surface area contributed by atoms with Gasteiger partial charge in [0.15, 0.2) is 0 Å². The fraction of sp³-hybridized carbons (Fsp3) is 0. The van der Waals surface area contributed by atoms with Gasteiger partial charge in [-0.05, 0) is 58.0 Å². The summed E-state index contributed by atoms with van der Waals surface area (Å²) in [6, 6.07) is 54.2. The highest BCUT2D eigenvalue weighted by Gasteiger charge is 2.23. The quantitative estimate of drug-likeness (QED) is 0.220. The van der Waals surface area contributed by atoms with Crippen molar-refractivity contribution in [3.63, 3.8) is 0 Å². The zero-order valence-corrected chi connectivity index (χ0v) is 22.8. The van der Waals surface area contributed by atoms with Crippen LogP contribution in [0.5, 0.6) is 0 Å². The minimum atomic E-state index is 0.916. The molecule has 2 aromatic heterocycles. The normalized spacial score (nSPS) is 11.8. The standard InChI is InChI=1S/C40H25NO/c1-3-13-26(14-4-1)28-23-29(27-15-5-2-6-16-27)25-30(24-28)41-35-21-11-9-19-33(35)38-39(41)32-18-8-7-17-31(32)37-34-20-10-12-22-36(34)42-40(37)38/h1-25H. The Morgan fingerprint density at radius 1 is 0.405 bits per heavy atom. The number of rotatable bonds is 3. The predicted octanol–water partition coefficient (Wildman–Crippen LogP) is 11.2. The molecule has 0 spiro atoms. The van der Waals surface area contributed by atoms with Crippen LogP contribution in [0.3, 0.4) is 0 Å². The first-order valence-electron chi connectivity index (χ1n) is 14.4. The maximum Gasteiger partial charge on any atom is 0.146 e. The number of benzene rings is 7. The summed E-state index contributed by atoms with van der Waals surface area (Å²) in [6.45, 7) is 0. The molecule has 0 aliphatic heterocycles. The number of aromatic nitrogens is 1. The summed E-state index contributed by atoms with van der Waals surface area (Å²) in [4.78, 5) is 0. The average molecular weight is 536 g/mol. The molecular weight excluding hydrogens is 510 g/mol. The monoisotopic (exact) mass is 535 g/mol. The van der Waals surface area contributed by atoms with Crippen molar-refractivity contribution in [2.24, 2.45) is 0 Å². The summed E-state index contributed by atoms with van der Waals surface area (Å²) in [7, 11) is 0. The molecular formula is C40H25NO. The molecule has 196 valence electrons. The van der Waals surface area contributed by atoms with E-state index >= 15 is 0 Å². The molecule has 0 bridgehead atoms. The third-order valence-electron chi connectivity index (χ3n) is 8.54. The van der Waals surface area contributed by atoms with Crippen molar-refractivity contribution in [1.82, 2.24) is 4.57 Å². The van der Waals surface area contributed by atoms with Gasteiger partial charge in [-0.15, -0.1) is 0 Å². The first kappa shape index (κ1) is 23.1. The topological polar surface area (TPSA) is 18.1 Å². The minimum absolute atomic E-state index is 0.916. The Kier molecular flexibility index (Phi) is 4.93. The Morgan fingerprint density at radius 3 is 1.64 bits per heavy atom. The summed E-state index contributed by atoms with van der Waals surface area (Å²) < 4.78 is 9.15. The van der Waals surface area contributed by atoms with Gasteiger partial charge in [-0.25, -0.2) is 0 Å². The van der Waals surface area contributed by atoms with Crippen LogP contribution in [0.1, 0.15) is 0 Å². The third kappa shape index (κ3) is 3.33. The molecule has 42 heavy (non-hydrogen) atoms. The van der Waals surface area contributed by atoms with Crippen molar-refractivity contribution in [2.45, 2.75) is 0 Å². The van der Waals surface area contributed by atoms with Gasteiger partial charge < -0.3 is 8.98 Å². The van der Waals surface area contributed by atoms with Crippen LogP contribution < -0.4 is 0 Å². The number of nitrogens with zero attached hydrogens (tertiary/aromatic N) is 1. The molecule has 9 rings (SSSR count). The highest BCUT2D eigenvalue weighted by atomic mass is 16.3. The zero-order valence-electron chi connectivity index (χ0n) is 22.8. The van der Waals surface area contributed by atoms with E-state index in [0.717, 1.165) is 33.1 Å². The number of furan rings is 1. The Balaban J connectivity index is 1.49. The van der Waals surface area contributed by atoms with E-state index in [1.54, 1.807) is 0 Å². The lowest BCUT2D eigenvalue weighted by molar-refractivity contribution is 0.673. The van der Waals surface area contributed by atoms with Crippen molar-refractivity contribution in [3.8, 4) is 27.9 Å². The molecule has 0 aliphatic carbocycles. The van der Waals surface area contributed by atoms with E-state index in [4.69, 9.17) is 4.42 Å². The summed E-state index contributed by atoms with van der Waals surface area (Å²) in [5.41, 5.74) is 10.1. The van der Waals surface area contributed by atoms with Crippen LogP contribution in [-0.4, -0.2) is 4.57 Å². The molecule has 0 saturated carbocycles. The number of fused-ring (bicyclic) bond motifs is 10. The molecule has 7 aromatic carbocycles. The summed E-state index contributed by atoms with van der Waals surface area (Å²) in [5.74, 6) is 0. The van der Waals surface area contributed by atoms with Crippen molar-refractivity contribution in [1.29, 1.82) is 0 Å². The highest BCUT2D eigenvalue weighted by molar-refractivity contribution is 6.35. The van der Waals surface area contributed by atoms with E-state index in [1.807, 2.05) is 6.07 Å². The van der Waals surface area contributed by atoms with Gasteiger partial charge in [-0.3, -0.25) is 0 Å². The van der Waals surface area contributed by atoms with Gasteiger partial charge in [-0.2, -0.15) is 0 Å².